The van der Waals surface area contributed by atoms with Crippen LogP contribution in [0.5, 0.6) is 0 Å². The van der Waals surface area contributed by atoms with Crippen molar-refractivity contribution >= 4 is 17.9 Å². The third-order valence-electron chi connectivity index (χ3n) is 1.88. The van der Waals surface area contributed by atoms with Gasteiger partial charge in [-0.1, -0.05) is 6.07 Å². The van der Waals surface area contributed by atoms with Gasteiger partial charge in [0.1, 0.15) is 0 Å². The number of hydrogen-bond donors (Lipinski definition) is 1. The molecule has 16 heavy (non-hydrogen) atoms. The fourth-order valence-corrected chi connectivity index (χ4v) is 1.21. The monoisotopic (exact) mass is 227 g/mol. The molecule has 0 unspecified atom stereocenters. The highest BCUT2D eigenvalue weighted by Crippen LogP contribution is 2.25. The van der Waals surface area contributed by atoms with Crippen LogP contribution in [0.4, 0.5) is 10.1 Å². The molecule has 84 valence electrons. The number of aliphatic carboxylic acids is 1. The number of carbonyl (C=O) groups excluding carboxylic acids is 1. The molecule has 0 amide bonds. The average Bonchev–Trinajstić information content (AvgIpc) is 2.16. The summed E-state index contributed by atoms with van der Waals surface area (Å²) in [6.07, 6.45) is -0.542. The summed E-state index contributed by atoms with van der Waals surface area (Å²) in [4.78, 5) is 30.3. The van der Waals surface area contributed by atoms with Gasteiger partial charge in [0.15, 0.2) is 6.29 Å². The Balaban J connectivity index is 3.40. The van der Waals surface area contributed by atoms with E-state index in [0.29, 0.717) is 0 Å². The molecule has 0 bridgehead atoms. The largest absolute Gasteiger partial charge is 0.481 e. The number of rotatable bonds is 4. The molecule has 0 aliphatic heterocycles. The SMILES string of the molecule is O=Cc1ccc(CC(=O)O)c([N+](=O)[O-])c1F. The molecule has 0 aromatic heterocycles. The molecule has 0 aliphatic carbocycles. The van der Waals surface area contributed by atoms with Gasteiger partial charge in [-0.15, -0.1) is 0 Å². The van der Waals surface area contributed by atoms with Gasteiger partial charge < -0.3 is 5.11 Å². The number of carboxylic acids is 1. The van der Waals surface area contributed by atoms with Crippen LogP contribution >= 0.6 is 0 Å². The molecule has 0 radical (unpaired) electrons. The highest BCUT2D eigenvalue weighted by atomic mass is 19.1. The number of aldehydes is 1. The van der Waals surface area contributed by atoms with Crippen molar-refractivity contribution in [2.24, 2.45) is 0 Å². The summed E-state index contributed by atoms with van der Waals surface area (Å²) < 4.78 is 13.4. The van der Waals surface area contributed by atoms with E-state index >= 15 is 0 Å². The standard InChI is InChI=1S/C9H6FNO5/c10-8-6(4-12)2-1-5(3-7(13)14)9(8)11(15)16/h1-2,4H,3H2,(H,13,14). The fraction of sp³-hybridized carbons (Fsp3) is 0.111. The lowest BCUT2D eigenvalue weighted by Crippen LogP contribution is -2.07. The first-order chi connectivity index (χ1) is 7.47. The third kappa shape index (κ3) is 2.19. The van der Waals surface area contributed by atoms with E-state index in [1.807, 2.05) is 0 Å². The lowest BCUT2D eigenvalue weighted by Gasteiger charge is -2.02. The van der Waals surface area contributed by atoms with Crippen molar-refractivity contribution in [3.63, 3.8) is 0 Å². The summed E-state index contributed by atoms with van der Waals surface area (Å²) >= 11 is 0. The third-order valence-corrected chi connectivity index (χ3v) is 1.88. The second-order valence-corrected chi connectivity index (χ2v) is 2.92. The van der Waals surface area contributed by atoms with Crippen LogP contribution in [-0.2, 0) is 11.2 Å². The van der Waals surface area contributed by atoms with E-state index in [2.05, 4.69) is 0 Å². The number of nitrogens with zero attached hydrogens (tertiary/aromatic N) is 1. The summed E-state index contributed by atoms with van der Waals surface area (Å²) in [7, 11) is 0. The smallest absolute Gasteiger partial charge is 0.309 e. The molecule has 0 spiro atoms. The van der Waals surface area contributed by atoms with Crippen molar-refractivity contribution in [1.29, 1.82) is 0 Å². The van der Waals surface area contributed by atoms with E-state index < -0.39 is 34.4 Å². The zero-order valence-corrected chi connectivity index (χ0v) is 7.84. The Morgan fingerprint density at radius 2 is 2.19 bits per heavy atom. The number of hydrogen-bond acceptors (Lipinski definition) is 4. The molecule has 0 saturated carbocycles. The van der Waals surface area contributed by atoms with E-state index in [9.17, 15) is 24.1 Å². The van der Waals surface area contributed by atoms with Gasteiger partial charge in [-0.25, -0.2) is 0 Å². The molecular formula is C9H6FNO5. The number of halogens is 1. The number of nitro groups is 1. The molecule has 0 heterocycles. The Labute approximate surface area is 88.5 Å². The first kappa shape index (κ1) is 11.8. The Kier molecular flexibility index (Phi) is 3.29. The minimum atomic E-state index is -1.32. The van der Waals surface area contributed by atoms with E-state index in [0.717, 1.165) is 12.1 Å². The Morgan fingerprint density at radius 1 is 1.56 bits per heavy atom. The molecule has 0 fully saturated rings. The highest BCUT2D eigenvalue weighted by Gasteiger charge is 2.24. The van der Waals surface area contributed by atoms with Gasteiger partial charge in [-0.2, -0.15) is 4.39 Å². The van der Waals surface area contributed by atoms with Crippen LogP contribution in [0.2, 0.25) is 0 Å². The minimum Gasteiger partial charge on any atom is -0.481 e. The summed E-state index contributed by atoms with van der Waals surface area (Å²) in [5.74, 6) is -2.62. The first-order valence-electron chi connectivity index (χ1n) is 4.10. The van der Waals surface area contributed by atoms with E-state index in [-0.39, 0.29) is 11.8 Å². The number of nitro benzene ring substituents is 1. The Bertz CT molecular complexity index is 471. The maximum atomic E-state index is 13.4. The van der Waals surface area contributed by atoms with Crippen LogP contribution in [0.25, 0.3) is 0 Å². The van der Waals surface area contributed by atoms with Crippen molar-refractivity contribution in [2.45, 2.75) is 6.42 Å². The number of benzene rings is 1. The van der Waals surface area contributed by atoms with Crippen molar-refractivity contribution < 1.29 is 24.0 Å². The maximum Gasteiger partial charge on any atom is 0.309 e. The van der Waals surface area contributed by atoms with Gasteiger partial charge in [0.05, 0.1) is 16.9 Å². The van der Waals surface area contributed by atoms with E-state index in [1.165, 1.54) is 0 Å². The molecule has 7 heteroatoms. The van der Waals surface area contributed by atoms with Crippen molar-refractivity contribution in [2.75, 3.05) is 0 Å². The van der Waals surface area contributed by atoms with Crippen LogP contribution in [0, 0.1) is 15.9 Å². The normalized spacial score (nSPS) is 9.81. The molecule has 0 saturated heterocycles. The zero-order valence-electron chi connectivity index (χ0n) is 7.84. The van der Waals surface area contributed by atoms with Crippen molar-refractivity contribution in [1.82, 2.24) is 0 Å². The maximum absolute atomic E-state index is 13.4. The van der Waals surface area contributed by atoms with Gasteiger partial charge in [0.25, 0.3) is 0 Å². The molecule has 0 aliphatic rings. The lowest BCUT2D eigenvalue weighted by molar-refractivity contribution is -0.388. The highest BCUT2D eigenvalue weighted by molar-refractivity contribution is 5.79. The molecule has 1 aromatic carbocycles. The van der Waals surface area contributed by atoms with Gasteiger partial charge in [0, 0.05) is 5.56 Å². The topological polar surface area (TPSA) is 97.5 Å². The van der Waals surface area contributed by atoms with Crippen LogP contribution in [0.3, 0.4) is 0 Å². The zero-order chi connectivity index (χ0) is 12.3. The van der Waals surface area contributed by atoms with Gasteiger partial charge in [0.2, 0.25) is 5.82 Å². The number of carboxylic acid groups (broad SMARTS) is 1. The van der Waals surface area contributed by atoms with Gasteiger partial charge in [-0.05, 0) is 6.07 Å². The van der Waals surface area contributed by atoms with Gasteiger partial charge >= 0.3 is 11.7 Å². The second kappa shape index (κ2) is 4.47. The summed E-state index contributed by atoms with van der Waals surface area (Å²) in [6, 6.07) is 2.06. The Hall–Kier alpha value is -2.31. The predicted molar refractivity (Wildman–Crippen MR) is 49.8 cm³/mol. The van der Waals surface area contributed by atoms with Crippen LogP contribution in [0.15, 0.2) is 12.1 Å². The van der Waals surface area contributed by atoms with Crippen LogP contribution < -0.4 is 0 Å². The van der Waals surface area contributed by atoms with Crippen molar-refractivity contribution in [3.8, 4) is 0 Å². The lowest BCUT2D eigenvalue weighted by atomic mass is 10.1. The second-order valence-electron chi connectivity index (χ2n) is 2.92. The van der Waals surface area contributed by atoms with Crippen LogP contribution in [-0.4, -0.2) is 22.3 Å². The molecule has 1 N–H and O–H groups in total. The molecule has 1 rings (SSSR count). The summed E-state index contributed by atoms with van der Waals surface area (Å²) in [5.41, 5.74) is -1.71. The first-order valence-corrected chi connectivity index (χ1v) is 4.10. The molecule has 0 atom stereocenters. The summed E-state index contributed by atoms with van der Waals surface area (Å²) in [6.45, 7) is 0. The average molecular weight is 227 g/mol. The molecule has 6 nitrogen and oxygen atoms in total. The van der Waals surface area contributed by atoms with E-state index in [1.54, 1.807) is 0 Å². The summed E-state index contributed by atoms with van der Waals surface area (Å²) in [5, 5.41) is 19.0. The van der Waals surface area contributed by atoms with Crippen molar-refractivity contribution in [3.05, 3.63) is 39.2 Å². The van der Waals surface area contributed by atoms with Gasteiger partial charge in [-0.3, -0.25) is 19.7 Å². The fourth-order valence-electron chi connectivity index (χ4n) is 1.21. The molecular weight excluding hydrogens is 221 g/mol. The van der Waals surface area contributed by atoms with Crippen LogP contribution in [0.1, 0.15) is 15.9 Å². The van der Waals surface area contributed by atoms with E-state index in [4.69, 9.17) is 5.11 Å². The number of carbonyl (C=O) groups is 2. The molecule has 1 aromatic rings. The Morgan fingerprint density at radius 3 is 2.62 bits per heavy atom. The minimum absolute atomic E-state index is 0.132. The quantitative estimate of drug-likeness (QED) is 0.473. The predicted octanol–water partition coefficient (Wildman–Crippen LogP) is 1.17.